The molecule has 0 fully saturated rings. The Morgan fingerprint density at radius 3 is 2.25 bits per heavy atom. The van der Waals surface area contributed by atoms with Gasteiger partial charge < -0.3 is 10.8 Å². The Morgan fingerprint density at radius 1 is 1.31 bits per heavy atom. The van der Waals surface area contributed by atoms with Crippen LogP contribution in [0.25, 0.3) is 0 Å². The molecule has 3 N–H and O–H groups in total. The maximum atomic E-state index is 11.2. The number of nitrogens with two attached hydrogens (primary N) is 1. The van der Waals surface area contributed by atoms with Crippen molar-refractivity contribution in [2.24, 2.45) is 11.7 Å². The van der Waals surface area contributed by atoms with E-state index in [4.69, 9.17) is 16.1 Å². The molecule has 0 aliphatic rings. The molecular weight excluding hydrogens is 208 g/mol. The third-order valence-corrected chi connectivity index (χ3v) is 2.20. The number of primary amides is 1. The lowest BCUT2D eigenvalue weighted by Gasteiger charge is -2.15. The smallest absolute Gasteiger partial charge is 0.322 e. The number of aliphatic carboxylic acids is 1. The van der Waals surface area contributed by atoms with E-state index in [1.54, 1.807) is 36.4 Å². The van der Waals surface area contributed by atoms with Crippen LogP contribution in [-0.4, -0.2) is 17.0 Å². The zero-order valence-corrected chi connectivity index (χ0v) is 8.33. The van der Waals surface area contributed by atoms with Crippen LogP contribution < -0.4 is 5.73 Å². The largest absolute Gasteiger partial charge is 0.480 e. The SMILES string of the molecule is N#CC(C(=O)O)C(C(N)=O)c1ccccc1. The molecule has 0 spiro atoms. The molecule has 2 atom stereocenters. The van der Waals surface area contributed by atoms with Crippen molar-refractivity contribution >= 4 is 11.9 Å². The van der Waals surface area contributed by atoms with Gasteiger partial charge >= 0.3 is 5.97 Å². The summed E-state index contributed by atoms with van der Waals surface area (Å²) in [7, 11) is 0. The van der Waals surface area contributed by atoms with Crippen molar-refractivity contribution in [3.8, 4) is 6.07 Å². The fourth-order valence-corrected chi connectivity index (χ4v) is 1.45. The van der Waals surface area contributed by atoms with Crippen LogP contribution in [0.3, 0.4) is 0 Å². The quantitative estimate of drug-likeness (QED) is 0.766. The first kappa shape index (κ1) is 11.7. The lowest BCUT2D eigenvalue weighted by Crippen LogP contribution is -2.31. The molecule has 0 heterocycles. The van der Waals surface area contributed by atoms with Gasteiger partial charge in [0.1, 0.15) is 0 Å². The minimum absolute atomic E-state index is 0.434. The average molecular weight is 218 g/mol. The van der Waals surface area contributed by atoms with Gasteiger partial charge in [0.15, 0.2) is 5.92 Å². The summed E-state index contributed by atoms with van der Waals surface area (Å²) >= 11 is 0. The molecule has 1 amide bonds. The van der Waals surface area contributed by atoms with Gasteiger partial charge in [-0.05, 0) is 5.56 Å². The van der Waals surface area contributed by atoms with Crippen LogP contribution in [0, 0.1) is 17.2 Å². The second kappa shape index (κ2) is 4.94. The third kappa shape index (κ3) is 2.36. The molecule has 0 saturated carbocycles. The summed E-state index contributed by atoms with van der Waals surface area (Å²) in [6.07, 6.45) is 0. The van der Waals surface area contributed by atoms with E-state index in [0.717, 1.165) is 0 Å². The zero-order valence-electron chi connectivity index (χ0n) is 8.33. The number of nitriles is 1. The van der Waals surface area contributed by atoms with Crippen molar-refractivity contribution < 1.29 is 14.7 Å². The van der Waals surface area contributed by atoms with E-state index in [1.807, 2.05) is 0 Å². The Hall–Kier alpha value is -2.35. The summed E-state index contributed by atoms with van der Waals surface area (Å²) in [5.41, 5.74) is 5.56. The topological polar surface area (TPSA) is 104 Å². The molecule has 1 aromatic rings. The fraction of sp³-hybridized carbons (Fsp3) is 0.182. The number of rotatable bonds is 4. The minimum atomic E-state index is -1.46. The highest BCUT2D eigenvalue weighted by molar-refractivity contribution is 5.89. The van der Waals surface area contributed by atoms with E-state index in [1.165, 1.54) is 0 Å². The molecule has 0 aromatic heterocycles. The van der Waals surface area contributed by atoms with E-state index in [2.05, 4.69) is 0 Å². The first-order chi connectivity index (χ1) is 7.57. The van der Waals surface area contributed by atoms with Gasteiger partial charge in [-0.1, -0.05) is 30.3 Å². The van der Waals surface area contributed by atoms with E-state index in [-0.39, 0.29) is 0 Å². The summed E-state index contributed by atoms with van der Waals surface area (Å²) in [4.78, 5) is 22.0. The van der Waals surface area contributed by atoms with Crippen molar-refractivity contribution in [3.63, 3.8) is 0 Å². The number of nitrogens with zero attached hydrogens (tertiary/aromatic N) is 1. The molecule has 0 saturated heterocycles. The van der Waals surface area contributed by atoms with E-state index < -0.39 is 23.7 Å². The predicted octanol–water partition coefficient (Wildman–Crippen LogP) is 0.480. The van der Waals surface area contributed by atoms with Crippen molar-refractivity contribution in [1.29, 1.82) is 5.26 Å². The molecule has 5 heteroatoms. The number of carboxylic acid groups (broad SMARTS) is 1. The molecule has 0 aliphatic heterocycles. The molecule has 1 aromatic carbocycles. The lowest BCUT2D eigenvalue weighted by molar-refractivity contribution is -0.142. The molecule has 0 radical (unpaired) electrons. The van der Waals surface area contributed by atoms with Crippen LogP contribution in [0.4, 0.5) is 0 Å². The molecule has 0 bridgehead atoms. The minimum Gasteiger partial charge on any atom is -0.480 e. The van der Waals surface area contributed by atoms with Crippen LogP contribution in [0.2, 0.25) is 0 Å². The van der Waals surface area contributed by atoms with E-state index in [9.17, 15) is 9.59 Å². The summed E-state index contributed by atoms with van der Waals surface area (Å²) < 4.78 is 0. The monoisotopic (exact) mass is 218 g/mol. The van der Waals surface area contributed by atoms with Gasteiger partial charge in [0.05, 0.1) is 12.0 Å². The van der Waals surface area contributed by atoms with Gasteiger partial charge in [-0.2, -0.15) is 5.26 Å². The molecule has 2 unspecified atom stereocenters. The Labute approximate surface area is 92.1 Å². The molecule has 1 rings (SSSR count). The standard InChI is InChI=1S/C11H10N2O3/c12-6-8(11(15)16)9(10(13)14)7-4-2-1-3-5-7/h1-5,8-9H,(H2,13,14)(H,15,16). The number of carbonyl (C=O) groups is 2. The van der Waals surface area contributed by atoms with Gasteiger partial charge in [0, 0.05) is 0 Å². The van der Waals surface area contributed by atoms with E-state index >= 15 is 0 Å². The third-order valence-electron chi connectivity index (χ3n) is 2.20. The van der Waals surface area contributed by atoms with Crippen LogP contribution in [0.5, 0.6) is 0 Å². The normalized spacial score (nSPS) is 13.4. The predicted molar refractivity (Wildman–Crippen MR) is 55.1 cm³/mol. The molecule has 16 heavy (non-hydrogen) atoms. The van der Waals surface area contributed by atoms with Crippen molar-refractivity contribution in [2.75, 3.05) is 0 Å². The first-order valence-corrected chi connectivity index (χ1v) is 4.54. The van der Waals surface area contributed by atoms with Gasteiger partial charge in [0.25, 0.3) is 0 Å². The maximum Gasteiger partial charge on any atom is 0.322 e. The Bertz CT molecular complexity index is 436. The first-order valence-electron chi connectivity index (χ1n) is 4.54. The molecular formula is C11H10N2O3. The van der Waals surface area contributed by atoms with Crippen molar-refractivity contribution in [3.05, 3.63) is 35.9 Å². The van der Waals surface area contributed by atoms with Gasteiger partial charge in [-0.25, -0.2) is 0 Å². The van der Waals surface area contributed by atoms with Crippen LogP contribution in [0.15, 0.2) is 30.3 Å². The summed E-state index contributed by atoms with van der Waals surface area (Å²) in [6, 6.07) is 9.76. The number of benzene rings is 1. The van der Waals surface area contributed by atoms with Crippen molar-refractivity contribution in [2.45, 2.75) is 5.92 Å². The maximum absolute atomic E-state index is 11.2. The zero-order chi connectivity index (χ0) is 12.1. The molecule has 0 aliphatic carbocycles. The lowest BCUT2D eigenvalue weighted by atomic mass is 9.86. The molecule has 5 nitrogen and oxygen atoms in total. The summed E-state index contributed by atoms with van der Waals surface area (Å²) in [5, 5.41) is 17.6. The average Bonchev–Trinajstić information content (AvgIpc) is 2.25. The highest BCUT2D eigenvalue weighted by Crippen LogP contribution is 2.24. The number of amides is 1. The summed E-state index contributed by atoms with van der Waals surface area (Å²) in [6.45, 7) is 0. The van der Waals surface area contributed by atoms with Crippen LogP contribution in [-0.2, 0) is 9.59 Å². The number of carboxylic acids is 1. The number of carbonyl (C=O) groups excluding carboxylic acids is 1. The highest BCUT2D eigenvalue weighted by Gasteiger charge is 2.33. The molecule has 82 valence electrons. The van der Waals surface area contributed by atoms with Gasteiger partial charge in [-0.3, -0.25) is 9.59 Å². The Balaban J connectivity index is 3.15. The Kier molecular flexibility index (Phi) is 3.62. The van der Waals surface area contributed by atoms with Crippen molar-refractivity contribution in [1.82, 2.24) is 0 Å². The Morgan fingerprint density at radius 2 is 1.88 bits per heavy atom. The van der Waals surface area contributed by atoms with Gasteiger partial charge in [0.2, 0.25) is 5.91 Å². The van der Waals surface area contributed by atoms with Gasteiger partial charge in [-0.15, -0.1) is 0 Å². The van der Waals surface area contributed by atoms with Crippen LogP contribution in [0.1, 0.15) is 11.5 Å². The fourth-order valence-electron chi connectivity index (χ4n) is 1.45. The van der Waals surface area contributed by atoms with E-state index in [0.29, 0.717) is 5.56 Å². The number of hydrogen-bond acceptors (Lipinski definition) is 3. The van der Waals surface area contributed by atoms with Crippen LogP contribution >= 0.6 is 0 Å². The highest BCUT2D eigenvalue weighted by atomic mass is 16.4. The summed E-state index contributed by atoms with van der Waals surface area (Å²) in [5.74, 6) is -4.75. The second-order valence-corrected chi connectivity index (χ2v) is 3.24. The number of hydrogen-bond donors (Lipinski definition) is 2. The second-order valence-electron chi connectivity index (χ2n) is 3.24.